The molecule has 0 atom stereocenters. The lowest BCUT2D eigenvalue weighted by Crippen LogP contribution is -2.09. The zero-order valence-corrected chi connectivity index (χ0v) is 10.7. The average Bonchev–Trinajstić information content (AvgIpc) is 2.33. The third-order valence-electron chi connectivity index (χ3n) is 2.45. The molecule has 3 N–H and O–H groups in total. The molecule has 0 bridgehead atoms. The predicted octanol–water partition coefficient (Wildman–Crippen LogP) is 3.48. The van der Waals surface area contributed by atoms with Crippen molar-refractivity contribution in [3.05, 3.63) is 30.5 Å². The lowest BCUT2D eigenvalue weighted by Gasteiger charge is -2.10. The van der Waals surface area contributed by atoms with Gasteiger partial charge in [0, 0.05) is 35.3 Å². The zero-order valence-electron chi connectivity index (χ0n) is 9.87. The standard InChI is InChI=1S/C12H12F3N3S/c13-12(14,15)19-6-5-18-10-3-4-17-11-7-8(16)1-2-9(10)11/h1-4,7H,5-6,16H2,(H,17,18). The lowest BCUT2D eigenvalue weighted by atomic mass is 10.1. The molecule has 0 aliphatic heterocycles. The molecule has 1 aromatic carbocycles. The lowest BCUT2D eigenvalue weighted by molar-refractivity contribution is -0.0327. The van der Waals surface area contributed by atoms with Gasteiger partial charge in [-0.15, -0.1) is 0 Å². The minimum atomic E-state index is -4.18. The first-order chi connectivity index (χ1) is 8.96. The van der Waals surface area contributed by atoms with E-state index in [1.165, 1.54) is 0 Å². The number of hydrogen-bond acceptors (Lipinski definition) is 4. The maximum absolute atomic E-state index is 12.0. The third kappa shape index (κ3) is 3.92. The number of thioether (sulfide) groups is 1. The average molecular weight is 287 g/mol. The quantitative estimate of drug-likeness (QED) is 0.667. The van der Waals surface area contributed by atoms with Crippen molar-refractivity contribution in [3.63, 3.8) is 0 Å². The topological polar surface area (TPSA) is 50.9 Å². The van der Waals surface area contributed by atoms with E-state index in [0.29, 0.717) is 11.2 Å². The van der Waals surface area contributed by atoms with Crippen molar-refractivity contribution in [1.29, 1.82) is 0 Å². The van der Waals surface area contributed by atoms with Crippen LogP contribution in [0.2, 0.25) is 0 Å². The van der Waals surface area contributed by atoms with Crippen molar-refractivity contribution < 1.29 is 13.2 Å². The first-order valence-corrected chi connectivity index (χ1v) is 6.53. The summed E-state index contributed by atoms with van der Waals surface area (Å²) in [4.78, 5) is 4.16. The Hall–Kier alpha value is -1.63. The third-order valence-corrected chi connectivity index (χ3v) is 3.19. The number of aromatic nitrogens is 1. The summed E-state index contributed by atoms with van der Waals surface area (Å²) in [6.07, 6.45) is 1.60. The molecule has 0 unspecified atom stereocenters. The first-order valence-electron chi connectivity index (χ1n) is 5.54. The number of alkyl halides is 3. The SMILES string of the molecule is Nc1ccc2c(NCCSC(F)(F)F)ccnc2c1. The van der Waals surface area contributed by atoms with Gasteiger partial charge >= 0.3 is 5.51 Å². The Kier molecular flexibility index (Phi) is 4.04. The second-order valence-electron chi connectivity index (χ2n) is 3.86. The molecule has 0 saturated carbocycles. The van der Waals surface area contributed by atoms with Gasteiger partial charge in [-0.2, -0.15) is 13.2 Å². The summed E-state index contributed by atoms with van der Waals surface area (Å²) in [5, 5.41) is 3.82. The number of nitrogens with two attached hydrogens (primary N) is 1. The summed E-state index contributed by atoms with van der Waals surface area (Å²) in [6.45, 7) is 0.230. The first kappa shape index (κ1) is 13.8. The molecule has 19 heavy (non-hydrogen) atoms. The van der Waals surface area contributed by atoms with E-state index < -0.39 is 5.51 Å². The maximum atomic E-state index is 12.0. The molecule has 0 aliphatic rings. The fourth-order valence-electron chi connectivity index (χ4n) is 1.67. The number of pyridine rings is 1. The van der Waals surface area contributed by atoms with Gasteiger partial charge in [0.1, 0.15) is 0 Å². The molecular formula is C12H12F3N3S. The maximum Gasteiger partial charge on any atom is 0.441 e. The van der Waals surface area contributed by atoms with E-state index in [-0.39, 0.29) is 24.1 Å². The molecule has 3 nitrogen and oxygen atoms in total. The minimum Gasteiger partial charge on any atom is -0.399 e. The molecule has 1 aromatic heterocycles. The number of nitrogen functional groups attached to an aromatic ring is 1. The highest BCUT2D eigenvalue weighted by atomic mass is 32.2. The van der Waals surface area contributed by atoms with E-state index in [9.17, 15) is 13.2 Å². The number of rotatable bonds is 4. The number of hydrogen-bond donors (Lipinski definition) is 2. The number of fused-ring (bicyclic) bond motifs is 1. The van der Waals surface area contributed by atoms with E-state index in [4.69, 9.17) is 5.73 Å². The van der Waals surface area contributed by atoms with Crippen molar-refractivity contribution in [2.24, 2.45) is 0 Å². The molecule has 1 heterocycles. The van der Waals surface area contributed by atoms with Gasteiger partial charge in [-0.1, -0.05) is 0 Å². The van der Waals surface area contributed by atoms with Gasteiger partial charge in [-0.3, -0.25) is 4.98 Å². The van der Waals surface area contributed by atoms with Gasteiger partial charge in [0.15, 0.2) is 0 Å². The Morgan fingerprint density at radius 2 is 2.05 bits per heavy atom. The van der Waals surface area contributed by atoms with Crippen molar-refractivity contribution in [2.45, 2.75) is 5.51 Å². The van der Waals surface area contributed by atoms with Crippen molar-refractivity contribution in [3.8, 4) is 0 Å². The van der Waals surface area contributed by atoms with Crippen LogP contribution in [0.4, 0.5) is 24.5 Å². The molecule has 2 aromatic rings. The van der Waals surface area contributed by atoms with Crippen LogP contribution in [0.5, 0.6) is 0 Å². The number of nitrogens with zero attached hydrogens (tertiary/aromatic N) is 1. The van der Waals surface area contributed by atoms with E-state index in [2.05, 4.69) is 10.3 Å². The Labute approximate surface area is 112 Å². The van der Waals surface area contributed by atoms with Crippen LogP contribution in [0.1, 0.15) is 0 Å². The molecule has 0 spiro atoms. The highest BCUT2D eigenvalue weighted by Crippen LogP contribution is 2.30. The van der Waals surface area contributed by atoms with Crippen LogP contribution in [0.25, 0.3) is 10.9 Å². The summed E-state index contributed by atoms with van der Waals surface area (Å²) < 4.78 is 36.0. The number of benzene rings is 1. The summed E-state index contributed by atoms with van der Waals surface area (Å²) in [7, 11) is 0. The van der Waals surface area contributed by atoms with E-state index in [0.717, 1.165) is 11.1 Å². The molecule has 2 rings (SSSR count). The molecule has 0 fully saturated rings. The Balaban J connectivity index is 2.05. The van der Waals surface area contributed by atoms with Crippen LogP contribution in [0.3, 0.4) is 0 Å². The molecule has 0 amide bonds. The van der Waals surface area contributed by atoms with Gasteiger partial charge < -0.3 is 11.1 Å². The molecule has 7 heteroatoms. The molecule has 0 saturated heterocycles. The Bertz CT molecular complexity index is 572. The van der Waals surface area contributed by atoms with Crippen molar-refractivity contribution in [1.82, 2.24) is 4.98 Å². The largest absolute Gasteiger partial charge is 0.441 e. The molecule has 0 aliphatic carbocycles. The van der Waals surface area contributed by atoms with Crippen LogP contribution < -0.4 is 11.1 Å². The zero-order chi connectivity index (χ0) is 13.9. The van der Waals surface area contributed by atoms with Gasteiger partial charge in [0.05, 0.1) is 5.52 Å². The van der Waals surface area contributed by atoms with Gasteiger partial charge in [-0.25, -0.2) is 0 Å². The number of anilines is 2. The van der Waals surface area contributed by atoms with Crippen molar-refractivity contribution >= 4 is 34.0 Å². The van der Waals surface area contributed by atoms with Crippen molar-refractivity contribution in [2.75, 3.05) is 23.3 Å². The summed E-state index contributed by atoms with van der Waals surface area (Å²) in [5.74, 6) is -0.0394. The van der Waals surface area contributed by atoms with Crippen LogP contribution in [-0.4, -0.2) is 22.8 Å². The van der Waals surface area contributed by atoms with Crippen LogP contribution in [0.15, 0.2) is 30.5 Å². The van der Waals surface area contributed by atoms with E-state index in [1.807, 2.05) is 0 Å². The highest BCUT2D eigenvalue weighted by molar-refractivity contribution is 8.00. The second-order valence-corrected chi connectivity index (χ2v) is 5.02. The fourth-order valence-corrected chi connectivity index (χ4v) is 2.11. The molecule has 0 radical (unpaired) electrons. The normalized spacial score (nSPS) is 11.7. The fraction of sp³-hybridized carbons (Fsp3) is 0.250. The highest BCUT2D eigenvalue weighted by Gasteiger charge is 2.27. The van der Waals surface area contributed by atoms with E-state index >= 15 is 0 Å². The summed E-state index contributed by atoms with van der Waals surface area (Å²) in [6, 6.07) is 7.00. The minimum absolute atomic E-state index is 0.0375. The van der Waals surface area contributed by atoms with Gasteiger partial charge in [0.2, 0.25) is 0 Å². The molecular weight excluding hydrogens is 275 g/mol. The number of nitrogens with one attached hydrogen (secondary N) is 1. The Morgan fingerprint density at radius 1 is 1.26 bits per heavy atom. The van der Waals surface area contributed by atoms with Crippen LogP contribution in [-0.2, 0) is 0 Å². The smallest absolute Gasteiger partial charge is 0.399 e. The van der Waals surface area contributed by atoms with Gasteiger partial charge in [0.25, 0.3) is 0 Å². The summed E-state index contributed by atoms with van der Waals surface area (Å²) in [5.41, 5.74) is 3.55. The number of halogens is 3. The van der Waals surface area contributed by atoms with Crippen LogP contribution in [0, 0.1) is 0 Å². The second kappa shape index (κ2) is 5.56. The monoisotopic (exact) mass is 287 g/mol. The van der Waals surface area contributed by atoms with Crippen LogP contribution >= 0.6 is 11.8 Å². The van der Waals surface area contributed by atoms with E-state index in [1.54, 1.807) is 30.5 Å². The Morgan fingerprint density at radius 3 is 2.79 bits per heavy atom. The summed E-state index contributed by atoms with van der Waals surface area (Å²) >= 11 is -0.0375. The molecule has 102 valence electrons. The van der Waals surface area contributed by atoms with Gasteiger partial charge in [-0.05, 0) is 36.0 Å². The predicted molar refractivity (Wildman–Crippen MR) is 73.2 cm³/mol.